The van der Waals surface area contributed by atoms with Crippen molar-refractivity contribution in [1.82, 2.24) is 19.9 Å². The summed E-state index contributed by atoms with van der Waals surface area (Å²) in [5.74, 6) is 2.32. The smallest absolute Gasteiger partial charge is 0.182 e. The van der Waals surface area contributed by atoms with Crippen molar-refractivity contribution in [1.29, 1.82) is 0 Å². The average molecular weight is 276 g/mol. The molecule has 4 heteroatoms. The Labute approximate surface area is 124 Å². The summed E-state index contributed by atoms with van der Waals surface area (Å²) in [6.07, 6.45) is 1.75. The lowest BCUT2D eigenvalue weighted by molar-refractivity contribution is 0.765. The van der Waals surface area contributed by atoms with Gasteiger partial charge in [0.2, 0.25) is 0 Å². The maximum atomic E-state index is 4.58. The van der Waals surface area contributed by atoms with E-state index in [1.54, 1.807) is 6.20 Å². The Morgan fingerprint density at radius 3 is 2.14 bits per heavy atom. The summed E-state index contributed by atoms with van der Waals surface area (Å²) in [5.41, 5.74) is 1.75. The topological polar surface area (TPSA) is 51.6 Å². The highest BCUT2D eigenvalue weighted by molar-refractivity contribution is 5.58. The zero-order chi connectivity index (χ0) is 14.7. The van der Waals surface area contributed by atoms with Gasteiger partial charge in [-0.25, -0.2) is 15.0 Å². The van der Waals surface area contributed by atoms with E-state index >= 15 is 0 Å². The fourth-order valence-electron chi connectivity index (χ4n) is 1.98. The third-order valence-corrected chi connectivity index (χ3v) is 3.10. The van der Waals surface area contributed by atoms with Crippen molar-refractivity contribution in [2.75, 3.05) is 0 Å². The van der Waals surface area contributed by atoms with Gasteiger partial charge in [0, 0.05) is 17.7 Å². The lowest BCUT2D eigenvalue weighted by Gasteiger charge is -2.09. The zero-order valence-corrected chi connectivity index (χ0v) is 12.1. The second-order valence-electron chi connectivity index (χ2n) is 5.08. The highest BCUT2D eigenvalue weighted by atomic mass is 15.0. The van der Waals surface area contributed by atoms with Gasteiger partial charge in [-0.15, -0.1) is 0 Å². The van der Waals surface area contributed by atoms with Gasteiger partial charge in [-0.1, -0.05) is 50.2 Å². The van der Waals surface area contributed by atoms with Crippen LogP contribution in [0.25, 0.3) is 22.9 Å². The number of benzene rings is 1. The van der Waals surface area contributed by atoms with Crippen LogP contribution in [0.2, 0.25) is 0 Å². The number of pyridine rings is 1. The van der Waals surface area contributed by atoms with E-state index in [1.807, 2.05) is 48.5 Å². The van der Waals surface area contributed by atoms with Crippen LogP contribution in [0.4, 0.5) is 0 Å². The highest BCUT2D eigenvalue weighted by Crippen LogP contribution is 2.21. The third-order valence-electron chi connectivity index (χ3n) is 3.10. The van der Waals surface area contributed by atoms with Crippen molar-refractivity contribution in [2.45, 2.75) is 19.8 Å². The molecule has 2 heterocycles. The quantitative estimate of drug-likeness (QED) is 0.731. The fourth-order valence-corrected chi connectivity index (χ4v) is 1.98. The fraction of sp³-hybridized carbons (Fsp3) is 0.176. The Balaban J connectivity index is 2.16. The van der Waals surface area contributed by atoms with Gasteiger partial charge < -0.3 is 0 Å². The molecular formula is C17H16N4. The van der Waals surface area contributed by atoms with Gasteiger partial charge in [0.1, 0.15) is 11.5 Å². The van der Waals surface area contributed by atoms with Crippen molar-refractivity contribution in [3.05, 3.63) is 60.6 Å². The normalized spacial score (nSPS) is 10.8. The minimum atomic E-state index is 0.234. The van der Waals surface area contributed by atoms with Crippen LogP contribution in [0.5, 0.6) is 0 Å². The molecule has 3 rings (SSSR count). The minimum absolute atomic E-state index is 0.234. The molecule has 2 aromatic heterocycles. The van der Waals surface area contributed by atoms with E-state index in [0.717, 1.165) is 17.1 Å². The van der Waals surface area contributed by atoms with Crippen LogP contribution in [0.3, 0.4) is 0 Å². The molecule has 21 heavy (non-hydrogen) atoms. The van der Waals surface area contributed by atoms with E-state index in [0.29, 0.717) is 11.6 Å². The number of rotatable bonds is 3. The van der Waals surface area contributed by atoms with Crippen molar-refractivity contribution in [3.8, 4) is 22.9 Å². The standard InChI is InChI=1S/C17H16N4/c1-12(2)15-19-16(13-8-4-3-5-9-13)21-17(20-15)14-10-6-7-11-18-14/h3-12H,1-2H3. The molecule has 0 aliphatic rings. The summed E-state index contributed by atoms with van der Waals surface area (Å²) in [5, 5.41) is 0. The molecule has 1 aromatic carbocycles. The third kappa shape index (κ3) is 2.94. The summed E-state index contributed by atoms with van der Waals surface area (Å²) in [6, 6.07) is 15.7. The van der Waals surface area contributed by atoms with E-state index in [1.165, 1.54) is 0 Å². The predicted molar refractivity (Wildman–Crippen MR) is 82.6 cm³/mol. The highest BCUT2D eigenvalue weighted by Gasteiger charge is 2.12. The SMILES string of the molecule is CC(C)c1nc(-c2ccccc2)nc(-c2ccccn2)n1. The minimum Gasteiger partial charge on any atom is -0.253 e. The molecule has 0 bridgehead atoms. The summed E-state index contributed by atoms with van der Waals surface area (Å²) >= 11 is 0. The molecule has 0 atom stereocenters. The molecule has 4 nitrogen and oxygen atoms in total. The molecule has 0 amide bonds. The number of hydrogen-bond acceptors (Lipinski definition) is 4. The largest absolute Gasteiger partial charge is 0.253 e. The van der Waals surface area contributed by atoms with Crippen molar-refractivity contribution >= 4 is 0 Å². The van der Waals surface area contributed by atoms with Crippen LogP contribution in [0, 0.1) is 0 Å². The van der Waals surface area contributed by atoms with Gasteiger partial charge >= 0.3 is 0 Å². The van der Waals surface area contributed by atoms with Crippen molar-refractivity contribution < 1.29 is 0 Å². The van der Waals surface area contributed by atoms with E-state index in [4.69, 9.17) is 0 Å². The molecule has 0 fully saturated rings. The summed E-state index contributed by atoms with van der Waals surface area (Å²) in [4.78, 5) is 18.0. The first-order valence-corrected chi connectivity index (χ1v) is 6.97. The Kier molecular flexibility index (Phi) is 3.69. The average Bonchev–Trinajstić information content (AvgIpc) is 2.56. The van der Waals surface area contributed by atoms with Gasteiger partial charge in [-0.05, 0) is 12.1 Å². The van der Waals surface area contributed by atoms with Crippen LogP contribution >= 0.6 is 0 Å². The van der Waals surface area contributed by atoms with Gasteiger partial charge in [0.25, 0.3) is 0 Å². The van der Waals surface area contributed by atoms with Crippen LogP contribution in [-0.2, 0) is 0 Å². The molecule has 0 aliphatic carbocycles. The summed E-state index contributed by atoms with van der Waals surface area (Å²) < 4.78 is 0. The van der Waals surface area contributed by atoms with Gasteiger partial charge in [0.05, 0.1) is 0 Å². The Morgan fingerprint density at radius 1 is 0.762 bits per heavy atom. The first kappa shape index (κ1) is 13.4. The van der Waals surface area contributed by atoms with E-state index in [2.05, 4.69) is 33.8 Å². The van der Waals surface area contributed by atoms with Crippen LogP contribution in [0.1, 0.15) is 25.6 Å². The Bertz CT molecular complexity index is 667. The van der Waals surface area contributed by atoms with E-state index in [9.17, 15) is 0 Å². The Morgan fingerprint density at radius 2 is 1.48 bits per heavy atom. The Hall–Kier alpha value is -2.62. The molecule has 0 aliphatic heterocycles. The van der Waals surface area contributed by atoms with E-state index in [-0.39, 0.29) is 5.92 Å². The van der Waals surface area contributed by atoms with Crippen LogP contribution in [0.15, 0.2) is 54.7 Å². The maximum Gasteiger partial charge on any atom is 0.182 e. The zero-order valence-electron chi connectivity index (χ0n) is 12.1. The second-order valence-corrected chi connectivity index (χ2v) is 5.08. The number of aromatic nitrogens is 4. The van der Waals surface area contributed by atoms with Crippen LogP contribution in [-0.4, -0.2) is 19.9 Å². The predicted octanol–water partition coefficient (Wildman–Crippen LogP) is 3.72. The maximum absolute atomic E-state index is 4.58. The van der Waals surface area contributed by atoms with Gasteiger partial charge in [-0.3, -0.25) is 4.98 Å². The number of hydrogen-bond donors (Lipinski definition) is 0. The molecule has 0 radical (unpaired) electrons. The summed E-state index contributed by atoms with van der Waals surface area (Å²) in [7, 11) is 0. The van der Waals surface area contributed by atoms with Gasteiger partial charge in [0.15, 0.2) is 11.6 Å². The molecule has 0 saturated carbocycles. The lowest BCUT2D eigenvalue weighted by Crippen LogP contribution is -2.05. The monoisotopic (exact) mass is 276 g/mol. The molecule has 3 aromatic rings. The molecule has 0 spiro atoms. The van der Waals surface area contributed by atoms with Crippen molar-refractivity contribution in [3.63, 3.8) is 0 Å². The number of nitrogens with zero attached hydrogens (tertiary/aromatic N) is 4. The van der Waals surface area contributed by atoms with E-state index < -0.39 is 0 Å². The first-order chi connectivity index (χ1) is 10.2. The molecule has 0 unspecified atom stereocenters. The van der Waals surface area contributed by atoms with Crippen LogP contribution < -0.4 is 0 Å². The molecule has 0 saturated heterocycles. The second kappa shape index (κ2) is 5.79. The molecule has 104 valence electrons. The van der Waals surface area contributed by atoms with Gasteiger partial charge in [-0.2, -0.15) is 0 Å². The summed E-state index contributed by atoms with van der Waals surface area (Å²) in [6.45, 7) is 4.15. The first-order valence-electron chi connectivity index (χ1n) is 6.97. The molecular weight excluding hydrogens is 260 g/mol. The van der Waals surface area contributed by atoms with Crippen molar-refractivity contribution in [2.24, 2.45) is 0 Å². The molecule has 0 N–H and O–H groups in total. The lowest BCUT2D eigenvalue weighted by atomic mass is 10.2.